The summed E-state index contributed by atoms with van der Waals surface area (Å²) in [6.45, 7) is -0.0883. The number of nitrogens with zero attached hydrogens (tertiary/aromatic N) is 2. The van der Waals surface area contributed by atoms with E-state index in [9.17, 15) is 0 Å². The molecule has 0 bridgehead atoms. The second-order valence-electron chi connectivity index (χ2n) is 3.05. The molecule has 0 spiro atoms. The largest absolute Gasteiger partial charge is 0.438 e. The van der Waals surface area contributed by atoms with E-state index in [1.54, 1.807) is 12.1 Å². The number of hydrogen-bond donors (Lipinski definition) is 1. The van der Waals surface area contributed by atoms with Crippen LogP contribution in [0.2, 0.25) is 5.15 Å². The van der Waals surface area contributed by atoms with Crippen molar-refractivity contribution in [3.05, 3.63) is 47.4 Å². The average molecular weight is 237 g/mol. The van der Waals surface area contributed by atoms with Crippen LogP contribution in [-0.2, 0) is 6.61 Å². The normalized spacial score (nSPS) is 10.1. The minimum atomic E-state index is -0.0883. The van der Waals surface area contributed by atoms with Crippen LogP contribution in [0.3, 0.4) is 0 Å². The van der Waals surface area contributed by atoms with Crippen molar-refractivity contribution >= 4 is 11.6 Å². The smallest absolute Gasteiger partial charge is 0.223 e. The van der Waals surface area contributed by atoms with E-state index in [-0.39, 0.29) is 6.61 Å². The Labute approximate surface area is 97.5 Å². The molecule has 1 aromatic heterocycles. The summed E-state index contributed by atoms with van der Waals surface area (Å²) in [4.78, 5) is 7.66. The van der Waals surface area contributed by atoms with Gasteiger partial charge < -0.3 is 9.84 Å². The van der Waals surface area contributed by atoms with Gasteiger partial charge in [-0.3, -0.25) is 0 Å². The molecule has 1 aromatic carbocycles. The van der Waals surface area contributed by atoms with Gasteiger partial charge in [-0.2, -0.15) is 0 Å². The standard InChI is InChI=1S/C11H9ClN2O2/c12-10-5-11(14-7-13-10)16-9-4-2-1-3-8(9)6-15/h1-5,7,15H,6H2. The Morgan fingerprint density at radius 3 is 2.81 bits per heavy atom. The lowest BCUT2D eigenvalue weighted by atomic mass is 10.2. The fourth-order valence-electron chi connectivity index (χ4n) is 1.22. The highest BCUT2D eigenvalue weighted by atomic mass is 35.5. The third-order valence-electron chi connectivity index (χ3n) is 1.97. The summed E-state index contributed by atoms with van der Waals surface area (Å²) in [5.41, 5.74) is 0.692. The minimum Gasteiger partial charge on any atom is -0.438 e. The summed E-state index contributed by atoms with van der Waals surface area (Å²) in [7, 11) is 0. The Bertz CT molecular complexity index is 491. The van der Waals surface area contributed by atoms with E-state index in [0.717, 1.165) is 0 Å². The number of benzene rings is 1. The van der Waals surface area contributed by atoms with Gasteiger partial charge in [0, 0.05) is 11.6 Å². The van der Waals surface area contributed by atoms with Gasteiger partial charge in [-0.15, -0.1) is 0 Å². The molecule has 0 amide bonds. The van der Waals surface area contributed by atoms with Gasteiger partial charge in [0.15, 0.2) is 0 Å². The predicted octanol–water partition coefficient (Wildman–Crippen LogP) is 2.41. The maximum Gasteiger partial charge on any atom is 0.223 e. The Kier molecular flexibility index (Phi) is 3.34. The van der Waals surface area contributed by atoms with Gasteiger partial charge in [0.05, 0.1) is 6.61 Å². The van der Waals surface area contributed by atoms with Crippen LogP contribution in [0.4, 0.5) is 0 Å². The van der Waals surface area contributed by atoms with E-state index >= 15 is 0 Å². The van der Waals surface area contributed by atoms with E-state index in [1.165, 1.54) is 12.4 Å². The molecule has 0 atom stereocenters. The molecule has 0 saturated heterocycles. The molecule has 0 aliphatic rings. The van der Waals surface area contributed by atoms with Crippen LogP contribution in [0.25, 0.3) is 0 Å². The first kappa shape index (κ1) is 10.9. The number of hydrogen-bond acceptors (Lipinski definition) is 4. The van der Waals surface area contributed by atoms with Crippen LogP contribution in [0.1, 0.15) is 5.56 Å². The van der Waals surface area contributed by atoms with Crippen molar-refractivity contribution in [3.63, 3.8) is 0 Å². The van der Waals surface area contributed by atoms with Crippen molar-refractivity contribution in [1.29, 1.82) is 0 Å². The van der Waals surface area contributed by atoms with E-state index in [2.05, 4.69) is 9.97 Å². The Morgan fingerprint density at radius 2 is 2.06 bits per heavy atom. The lowest BCUT2D eigenvalue weighted by Crippen LogP contribution is -1.93. The second-order valence-corrected chi connectivity index (χ2v) is 3.43. The van der Waals surface area contributed by atoms with E-state index < -0.39 is 0 Å². The summed E-state index contributed by atoms with van der Waals surface area (Å²) >= 11 is 5.70. The maximum absolute atomic E-state index is 9.11. The number of aliphatic hydroxyl groups is 1. The van der Waals surface area contributed by atoms with Crippen molar-refractivity contribution in [3.8, 4) is 11.6 Å². The fraction of sp³-hybridized carbons (Fsp3) is 0.0909. The van der Waals surface area contributed by atoms with Crippen LogP contribution < -0.4 is 4.74 Å². The van der Waals surface area contributed by atoms with Crippen LogP contribution in [0, 0.1) is 0 Å². The fourth-order valence-corrected chi connectivity index (χ4v) is 1.36. The van der Waals surface area contributed by atoms with Crippen molar-refractivity contribution < 1.29 is 9.84 Å². The molecule has 0 aliphatic carbocycles. The van der Waals surface area contributed by atoms with Crippen LogP contribution >= 0.6 is 11.6 Å². The predicted molar refractivity (Wildman–Crippen MR) is 59.5 cm³/mol. The number of aromatic nitrogens is 2. The average Bonchev–Trinajstić information content (AvgIpc) is 2.30. The highest BCUT2D eigenvalue weighted by Gasteiger charge is 2.04. The quantitative estimate of drug-likeness (QED) is 0.832. The molecule has 0 radical (unpaired) electrons. The molecule has 16 heavy (non-hydrogen) atoms. The molecule has 0 saturated carbocycles. The van der Waals surface area contributed by atoms with Gasteiger partial charge in [-0.05, 0) is 6.07 Å². The van der Waals surface area contributed by atoms with Crippen molar-refractivity contribution in [2.75, 3.05) is 0 Å². The zero-order valence-electron chi connectivity index (χ0n) is 8.30. The number of rotatable bonds is 3. The summed E-state index contributed by atoms with van der Waals surface area (Å²) in [5, 5.41) is 9.42. The monoisotopic (exact) mass is 236 g/mol. The molecule has 1 N–H and O–H groups in total. The maximum atomic E-state index is 9.11. The van der Waals surface area contributed by atoms with E-state index in [1.807, 2.05) is 12.1 Å². The van der Waals surface area contributed by atoms with Crippen LogP contribution in [-0.4, -0.2) is 15.1 Å². The highest BCUT2D eigenvalue weighted by Crippen LogP contribution is 2.24. The molecule has 2 aromatic rings. The SMILES string of the molecule is OCc1ccccc1Oc1cc(Cl)ncn1. The molecule has 0 aliphatic heterocycles. The number of aliphatic hydroxyl groups excluding tert-OH is 1. The van der Waals surface area contributed by atoms with Gasteiger partial charge in [-0.1, -0.05) is 29.8 Å². The minimum absolute atomic E-state index is 0.0883. The van der Waals surface area contributed by atoms with Gasteiger partial charge >= 0.3 is 0 Å². The molecular weight excluding hydrogens is 228 g/mol. The van der Waals surface area contributed by atoms with Gasteiger partial charge in [0.1, 0.15) is 17.2 Å². The van der Waals surface area contributed by atoms with Gasteiger partial charge in [0.25, 0.3) is 0 Å². The molecule has 82 valence electrons. The zero-order chi connectivity index (χ0) is 11.4. The van der Waals surface area contributed by atoms with Gasteiger partial charge in [0.2, 0.25) is 5.88 Å². The number of ether oxygens (including phenoxy) is 1. The zero-order valence-corrected chi connectivity index (χ0v) is 9.05. The first-order valence-electron chi connectivity index (χ1n) is 4.64. The van der Waals surface area contributed by atoms with Crippen LogP contribution in [0.5, 0.6) is 11.6 Å². The second kappa shape index (κ2) is 4.92. The molecule has 2 rings (SSSR count). The third kappa shape index (κ3) is 2.48. The number of halogens is 1. The van der Waals surface area contributed by atoms with E-state index in [0.29, 0.717) is 22.3 Å². The highest BCUT2D eigenvalue weighted by molar-refractivity contribution is 6.29. The molecule has 0 fully saturated rings. The summed E-state index contributed by atoms with van der Waals surface area (Å²) in [5.74, 6) is 0.903. The van der Waals surface area contributed by atoms with Crippen molar-refractivity contribution in [1.82, 2.24) is 9.97 Å². The Morgan fingerprint density at radius 1 is 1.25 bits per heavy atom. The summed E-state index contributed by atoms with van der Waals surface area (Å²) in [6, 6.07) is 8.68. The van der Waals surface area contributed by atoms with Crippen LogP contribution in [0.15, 0.2) is 36.7 Å². The summed E-state index contributed by atoms with van der Waals surface area (Å²) < 4.78 is 5.49. The summed E-state index contributed by atoms with van der Waals surface area (Å²) in [6.07, 6.45) is 1.32. The third-order valence-corrected chi connectivity index (χ3v) is 2.17. The molecule has 5 heteroatoms. The Balaban J connectivity index is 2.26. The van der Waals surface area contributed by atoms with Crippen molar-refractivity contribution in [2.45, 2.75) is 6.61 Å². The molecular formula is C11H9ClN2O2. The first-order chi connectivity index (χ1) is 7.79. The number of para-hydroxylation sites is 1. The Hall–Kier alpha value is -1.65. The lowest BCUT2D eigenvalue weighted by molar-refractivity contribution is 0.276. The molecule has 1 heterocycles. The topological polar surface area (TPSA) is 55.2 Å². The van der Waals surface area contributed by atoms with Gasteiger partial charge in [-0.25, -0.2) is 9.97 Å². The van der Waals surface area contributed by atoms with E-state index in [4.69, 9.17) is 21.4 Å². The molecule has 0 unspecified atom stereocenters. The molecule has 4 nitrogen and oxygen atoms in total. The lowest BCUT2D eigenvalue weighted by Gasteiger charge is -2.07. The first-order valence-corrected chi connectivity index (χ1v) is 5.01. The van der Waals surface area contributed by atoms with Crippen molar-refractivity contribution in [2.24, 2.45) is 0 Å².